The zero-order valence-corrected chi connectivity index (χ0v) is 14.7. The molecule has 140 valence electrons. The molecule has 1 N–H and O–H groups in total. The number of methoxy groups -OCH3 is 1. The largest absolute Gasteiger partial charge is 0.465 e. The molecule has 0 saturated heterocycles. The highest BCUT2D eigenvalue weighted by atomic mass is 32.2. The molecule has 0 fully saturated rings. The van der Waals surface area contributed by atoms with E-state index in [0.29, 0.717) is 5.56 Å². The van der Waals surface area contributed by atoms with Crippen LogP contribution in [0.3, 0.4) is 0 Å². The molecular weight excluding hydrogens is 371 g/mol. The lowest BCUT2D eigenvalue weighted by Gasteiger charge is -2.16. The van der Waals surface area contributed by atoms with Crippen LogP contribution in [-0.2, 0) is 20.9 Å². The predicted octanol–water partition coefficient (Wildman–Crippen LogP) is 3.53. The zero-order chi connectivity index (χ0) is 19.5. The van der Waals surface area contributed by atoms with Gasteiger partial charge in [0.15, 0.2) is 0 Å². The molecular formula is C17H16F3NO4S. The minimum atomic E-state index is -4.46. The van der Waals surface area contributed by atoms with Crippen LogP contribution in [0.4, 0.5) is 13.2 Å². The minimum absolute atomic E-state index is 0.0797. The first-order chi connectivity index (χ1) is 12.0. The van der Waals surface area contributed by atoms with Crippen molar-refractivity contribution in [3.05, 3.63) is 65.2 Å². The highest BCUT2D eigenvalue weighted by Gasteiger charge is 2.30. The van der Waals surface area contributed by atoms with E-state index in [2.05, 4.69) is 9.46 Å². The molecule has 0 aliphatic rings. The Morgan fingerprint density at radius 3 is 2.04 bits per heavy atom. The Labute approximate surface area is 148 Å². The number of rotatable bonds is 5. The molecule has 0 unspecified atom stereocenters. The number of hydrogen-bond donors (Lipinski definition) is 1. The third-order valence-corrected chi connectivity index (χ3v) is 5.21. The quantitative estimate of drug-likeness (QED) is 0.797. The molecule has 1 atom stereocenters. The van der Waals surface area contributed by atoms with Gasteiger partial charge in [-0.05, 0) is 48.9 Å². The Morgan fingerprint density at radius 2 is 1.58 bits per heavy atom. The summed E-state index contributed by atoms with van der Waals surface area (Å²) in [5.74, 6) is -0.597. The van der Waals surface area contributed by atoms with Gasteiger partial charge in [-0.25, -0.2) is 17.9 Å². The second-order valence-corrected chi connectivity index (χ2v) is 7.19. The van der Waals surface area contributed by atoms with Crippen LogP contribution in [0.15, 0.2) is 53.4 Å². The van der Waals surface area contributed by atoms with Crippen molar-refractivity contribution >= 4 is 16.0 Å². The Bertz CT molecular complexity index is 876. The number of benzene rings is 2. The molecule has 0 aliphatic heterocycles. The summed E-state index contributed by atoms with van der Waals surface area (Å²) in [6.07, 6.45) is -4.46. The van der Waals surface area contributed by atoms with Crippen LogP contribution in [0, 0.1) is 0 Å². The van der Waals surface area contributed by atoms with Gasteiger partial charge in [-0.1, -0.05) is 12.1 Å². The fraction of sp³-hybridized carbons (Fsp3) is 0.235. The SMILES string of the molecule is COC(=O)c1ccc(S(=O)(=O)N[C@H](C)c2ccc(C(F)(F)F)cc2)cc1. The van der Waals surface area contributed by atoms with Gasteiger partial charge < -0.3 is 4.74 Å². The molecule has 0 heterocycles. The summed E-state index contributed by atoms with van der Waals surface area (Å²) >= 11 is 0. The van der Waals surface area contributed by atoms with Crippen LogP contribution in [0.5, 0.6) is 0 Å². The van der Waals surface area contributed by atoms with Crippen molar-refractivity contribution in [3.8, 4) is 0 Å². The smallest absolute Gasteiger partial charge is 0.416 e. The molecule has 9 heteroatoms. The zero-order valence-electron chi connectivity index (χ0n) is 13.9. The summed E-state index contributed by atoms with van der Waals surface area (Å²) < 4.78 is 69.4. The van der Waals surface area contributed by atoms with Gasteiger partial charge in [0.25, 0.3) is 0 Å². The first-order valence-corrected chi connectivity index (χ1v) is 8.91. The number of ether oxygens (including phenoxy) is 1. The molecule has 0 bridgehead atoms. The second kappa shape index (κ2) is 7.46. The summed E-state index contributed by atoms with van der Waals surface area (Å²) in [4.78, 5) is 11.3. The van der Waals surface area contributed by atoms with Crippen LogP contribution in [-0.4, -0.2) is 21.5 Å². The van der Waals surface area contributed by atoms with E-state index in [9.17, 15) is 26.4 Å². The van der Waals surface area contributed by atoms with Crippen molar-refractivity contribution in [2.45, 2.75) is 24.0 Å². The number of alkyl halides is 3. The van der Waals surface area contributed by atoms with Gasteiger partial charge in [0.2, 0.25) is 10.0 Å². The normalized spacial score (nSPS) is 13.3. The van der Waals surface area contributed by atoms with E-state index in [1.54, 1.807) is 0 Å². The third-order valence-electron chi connectivity index (χ3n) is 3.66. The van der Waals surface area contributed by atoms with Gasteiger partial charge in [-0.15, -0.1) is 0 Å². The number of halogens is 3. The molecule has 0 radical (unpaired) electrons. The van der Waals surface area contributed by atoms with Crippen molar-refractivity contribution in [2.75, 3.05) is 7.11 Å². The van der Waals surface area contributed by atoms with Crippen molar-refractivity contribution in [3.63, 3.8) is 0 Å². The van der Waals surface area contributed by atoms with E-state index in [4.69, 9.17) is 0 Å². The fourth-order valence-corrected chi connectivity index (χ4v) is 3.45. The molecule has 0 saturated carbocycles. The van der Waals surface area contributed by atoms with Crippen LogP contribution < -0.4 is 4.72 Å². The Balaban J connectivity index is 2.16. The van der Waals surface area contributed by atoms with Crippen LogP contribution >= 0.6 is 0 Å². The first kappa shape index (κ1) is 19.9. The first-order valence-electron chi connectivity index (χ1n) is 7.42. The van der Waals surface area contributed by atoms with Crippen molar-refractivity contribution in [2.24, 2.45) is 0 Å². The third kappa shape index (κ3) is 4.61. The van der Waals surface area contributed by atoms with E-state index in [1.165, 1.54) is 50.4 Å². The summed E-state index contributed by atoms with van der Waals surface area (Å²) in [5.41, 5.74) is -0.232. The lowest BCUT2D eigenvalue weighted by Crippen LogP contribution is -2.27. The summed E-state index contributed by atoms with van der Waals surface area (Å²) in [6.45, 7) is 1.52. The minimum Gasteiger partial charge on any atom is -0.465 e. The topological polar surface area (TPSA) is 72.5 Å². The monoisotopic (exact) mass is 387 g/mol. The maximum atomic E-state index is 12.6. The molecule has 0 spiro atoms. The molecule has 2 rings (SSSR count). The van der Waals surface area contributed by atoms with E-state index < -0.39 is 33.8 Å². The Kier molecular flexibility index (Phi) is 5.72. The number of carbonyl (C=O) groups excluding carboxylic acids is 1. The van der Waals surface area contributed by atoms with Crippen LogP contribution in [0.1, 0.15) is 34.5 Å². The van der Waals surface area contributed by atoms with Gasteiger partial charge in [0, 0.05) is 6.04 Å². The molecule has 2 aromatic carbocycles. The average Bonchev–Trinajstić information content (AvgIpc) is 2.60. The molecule has 2 aromatic rings. The molecule has 0 aromatic heterocycles. The number of carbonyl (C=O) groups is 1. The summed E-state index contributed by atoms with van der Waals surface area (Å²) in [6, 6.07) is 8.58. The lowest BCUT2D eigenvalue weighted by atomic mass is 10.1. The maximum absolute atomic E-state index is 12.6. The maximum Gasteiger partial charge on any atom is 0.416 e. The second-order valence-electron chi connectivity index (χ2n) is 5.48. The number of esters is 1. The van der Waals surface area contributed by atoms with E-state index in [-0.39, 0.29) is 10.5 Å². The number of nitrogens with one attached hydrogen (secondary N) is 1. The molecule has 0 aliphatic carbocycles. The highest BCUT2D eigenvalue weighted by Crippen LogP contribution is 2.30. The standard InChI is InChI=1S/C17H16F3NO4S/c1-11(12-3-7-14(8-4-12)17(18,19)20)21-26(23,24)15-9-5-13(6-10-15)16(22)25-2/h3-11,21H,1-2H3/t11-/m1/s1. The van der Waals surface area contributed by atoms with Crippen LogP contribution in [0.2, 0.25) is 0 Å². The lowest BCUT2D eigenvalue weighted by molar-refractivity contribution is -0.137. The van der Waals surface area contributed by atoms with E-state index in [0.717, 1.165) is 12.1 Å². The van der Waals surface area contributed by atoms with E-state index >= 15 is 0 Å². The van der Waals surface area contributed by atoms with Gasteiger partial charge in [0.05, 0.1) is 23.1 Å². The number of sulfonamides is 1. The molecule has 5 nitrogen and oxygen atoms in total. The van der Waals surface area contributed by atoms with Gasteiger partial charge in [0.1, 0.15) is 0 Å². The Hall–Kier alpha value is -2.39. The van der Waals surface area contributed by atoms with Crippen LogP contribution in [0.25, 0.3) is 0 Å². The summed E-state index contributed by atoms with van der Waals surface area (Å²) in [5, 5.41) is 0. The van der Waals surface area contributed by atoms with Crippen molar-refractivity contribution in [1.29, 1.82) is 0 Å². The number of hydrogen-bond acceptors (Lipinski definition) is 4. The fourth-order valence-electron chi connectivity index (χ4n) is 2.22. The van der Waals surface area contributed by atoms with Gasteiger partial charge in [-0.3, -0.25) is 0 Å². The van der Waals surface area contributed by atoms with Crippen molar-refractivity contribution < 1.29 is 31.1 Å². The Morgan fingerprint density at radius 1 is 1.04 bits per heavy atom. The highest BCUT2D eigenvalue weighted by molar-refractivity contribution is 7.89. The molecule has 0 amide bonds. The van der Waals surface area contributed by atoms with Gasteiger partial charge in [-0.2, -0.15) is 13.2 Å². The van der Waals surface area contributed by atoms with Gasteiger partial charge >= 0.3 is 12.1 Å². The predicted molar refractivity (Wildman–Crippen MR) is 88.0 cm³/mol. The van der Waals surface area contributed by atoms with E-state index in [1.807, 2.05) is 0 Å². The van der Waals surface area contributed by atoms with Crippen molar-refractivity contribution in [1.82, 2.24) is 4.72 Å². The summed E-state index contributed by atoms with van der Waals surface area (Å²) in [7, 11) is -2.71. The molecule has 26 heavy (non-hydrogen) atoms. The average molecular weight is 387 g/mol.